The van der Waals surface area contributed by atoms with Crippen LogP contribution >= 0.6 is 0 Å². The molecule has 1 aliphatic carbocycles. The second-order valence-electron chi connectivity index (χ2n) is 8.91. The van der Waals surface area contributed by atoms with E-state index < -0.39 is 0 Å². The summed E-state index contributed by atoms with van der Waals surface area (Å²) in [6.07, 6.45) is 3.50. The van der Waals surface area contributed by atoms with Gasteiger partial charge in [0.15, 0.2) is 0 Å². The van der Waals surface area contributed by atoms with Crippen molar-refractivity contribution in [2.24, 2.45) is 5.92 Å². The van der Waals surface area contributed by atoms with Gasteiger partial charge in [-0.05, 0) is 84.2 Å². The van der Waals surface area contributed by atoms with Gasteiger partial charge < -0.3 is 9.64 Å². The van der Waals surface area contributed by atoms with Crippen molar-refractivity contribution >= 4 is 22.9 Å². The molecule has 0 saturated heterocycles. The fourth-order valence-corrected chi connectivity index (χ4v) is 4.16. The molecular formula is C26H33NO2. The van der Waals surface area contributed by atoms with Gasteiger partial charge in [-0.25, -0.2) is 4.79 Å². The number of benzene rings is 2. The molecule has 1 aliphatic rings. The zero-order valence-electron chi connectivity index (χ0n) is 18.8. The van der Waals surface area contributed by atoms with Crippen molar-refractivity contribution in [3.63, 3.8) is 0 Å². The molecular weight excluding hydrogens is 358 g/mol. The first-order valence-corrected chi connectivity index (χ1v) is 10.5. The number of carbonyl (C=O) groups excluding carboxylic acids is 1. The lowest BCUT2D eigenvalue weighted by Gasteiger charge is -2.35. The number of aryl methyl sites for hydroxylation is 1. The molecule has 0 bridgehead atoms. The van der Waals surface area contributed by atoms with Crippen molar-refractivity contribution < 1.29 is 9.53 Å². The maximum Gasteiger partial charge on any atom is 0.338 e. The number of nitrogens with zero attached hydrogens (tertiary/aromatic N) is 1. The first-order chi connectivity index (χ1) is 13.7. The van der Waals surface area contributed by atoms with Crippen molar-refractivity contribution in [1.82, 2.24) is 0 Å². The average Bonchev–Trinajstić information content (AvgIpc) is 2.67. The van der Waals surface area contributed by atoms with Crippen LogP contribution in [0.5, 0.6) is 0 Å². The Morgan fingerprint density at radius 2 is 1.83 bits per heavy atom. The smallest absolute Gasteiger partial charge is 0.338 e. The molecule has 0 heterocycles. The highest BCUT2D eigenvalue weighted by Gasteiger charge is 2.30. The highest BCUT2D eigenvalue weighted by molar-refractivity contribution is 5.90. The summed E-state index contributed by atoms with van der Waals surface area (Å²) >= 11 is 0. The van der Waals surface area contributed by atoms with E-state index in [9.17, 15) is 4.79 Å². The molecule has 3 nitrogen and oxygen atoms in total. The van der Waals surface area contributed by atoms with Gasteiger partial charge >= 0.3 is 5.97 Å². The molecule has 2 aromatic carbocycles. The summed E-state index contributed by atoms with van der Waals surface area (Å²) in [5.74, 6) is 0.218. The van der Waals surface area contributed by atoms with Crippen LogP contribution in [0.4, 0.5) is 11.4 Å². The van der Waals surface area contributed by atoms with Gasteiger partial charge in [0.25, 0.3) is 0 Å². The Labute approximate surface area is 175 Å². The zero-order valence-corrected chi connectivity index (χ0v) is 18.8. The summed E-state index contributed by atoms with van der Waals surface area (Å²) in [7, 11) is 2.08. The molecule has 29 heavy (non-hydrogen) atoms. The molecule has 3 rings (SSSR count). The lowest BCUT2D eigenvalue weighted by molar-refractivity contribution is 0.0526. The number of carbonyl (C=O) groups is 1. The molecule has 0 radical (unpaired) electrons. The number of anilines is 2. The summed E-state index contributed by atoms with van der Waals surface area (Å²) in [5, 5.41) is 0. The normalized spacial score (nSPS) is 15.0. The monoisotopic (exact) mass is 391 g/mol. The third-order valence-corrected chi connectivity index (χ3v) is 5.96. The number of ether oxygens (including phenoxy) is 1. The molecule has 0 fully saturated rings. The Bertz CT molecular complexity index is 936. The number of esters is 1. The van der Waals surface area contributed by atoms with Gasteiger partial charge in [-0.2, -0.15) is 0 Å². The van der Waals surface area contributed by atoms with Gasteiger partial charge in [-0.1, -0.05) is 39.8 Å². The summed E-state index contributed by atoms with van der Waals surface area (Å²) in [4.78, 5) is 14.1. The van der Waals surface area contributed by atoms with Gasteiger partial charge in [0.1, 0.15) is 0 Å². The maximum absolute atomic E-state index is 11.9. The van der Waals surface area contributed by atoms with Crippen LogP contribution in [0, 0.1) is 12.8 Å². The van der Waals surface area contributed by atoms with Crippen molar-refractivity contribution in [3.05, 3.63) is 64.7 Å². The van der Waals surface area contributed by atoms with Crippen LogP contribution in [-0.2, 0) is 10.2 Å². The second-order valence-corrected chi connectivity index (χ2v) is 8.91. The zero-order chi connectivity index (χ0) is 21.3. The number of fused-ring (bicyclic) bond motifs is 1. The van der Waals surface area contributed by atoms with E-state index in [0.29, 0.717) is 18.1 Å². The quantitative estimate of drug-likeness (QED) is 0.534. The minimum Gasteiger partial charge on any atom is -0.462 e. The van der Waals surface area contributed by atoms with E-state index >= 15 is 0 Å². The fraction of sp³-hybridized carbons (Fsp3) is 0.423. The van der Waals surface area contributed by atoms with E-state index in [1.165, 1.54) is 28.0 Å². The van der Waals surface area contributed by atoms with Crippen LogP contribution in [0.2, 0.25) is 0 Å². The summed E-state index contributed by atoms with van der Waals surface area (Å²) in [6, 6.07) is 12.3. The largest absolute Gasteiger partial charge is 0.462 e. The number of hydrogen-bond donors (Lipinski definition) is 0. The number of rotatable bonds is 5. The number of hydrogen-bond acceptors (Lipinski definition) is 3. The Balaban J connectivity index is 2.00. The summed E-state index contributed by atoms with van der Waals surface area (Å²) < 4.78 is 5.09. The van der Waals surface area contributed by atoms with Crippen LogP contribution in [0.25, 0.3) is 5.57 Å². The lowest BCUT2D eigenvalue weighted by Crippen LogP contribution is -2.24. The summed E-state index contributed by atoms with van der Waals surface area (Å²) in [5.41, 5.74) is 8.48. The van der Waals surface area contributed by atoms with E-state index in [4.69, 9.17) is 4.74 Å². The first-order valence-electron chi connectivity index (χ1n) is 10.5. The average molecular weight is 392 g/mol. The predicted octanol–water partition coefficient (Wildman–Crippen LogP) is 6.66. The lowest BCUT2D eigenvalue weighted by atomic mass is 9.71. The second kappa shape index (κ2) is 8.06. The van der Waals surface area contributed by atoms with Crippen molar-refractivity contribution in [2.75, 3.05) is 18.6 Å². The Morgan fingerprint density at radius 3 is 2.41 bits per heavy atom. The minimum absolute atomic E-state index is 0.150. The van der Waals surface area contributed by atoms with Gasteiger partial charge in [0.05, 0.1) is 12.2 Å². The molecule has 154 valence electrons. The Morgan fingerprint density at radius 1 is 1.17 bits per heavy atom. The minimum atomic E-state index is -0.277. The molecule has 0 saturated carbocycles. The highest BCUT2D eigenvalue weighted by atomic mass is 16.5. The van der Waals surface area contributed by atoms with E-state index in [1.807, 2.05) is 31.2 Å². The first kappa shape index (κ1) is 21.2. The van der Waals surface area contributed by atoms with Crippen LogP contribution in [-0.4, -0.2) is 19.6 Å². The van der Waals surface area contributed by atoms with E-state index in [-0.39, 0.29) is 11.4 Å². The molecule has 0 unspecified atom stereocenters. The Hall–Kier alpha value is -2.55. The van der Waals surface area contributed by atoms with E-state index in [1.54, 1.807) is 0 Å². The van der Waals surface area contributed by atoms with Crippen molar-refractivity contribution in [3.8, 4) is 0 Å². The number of allylic oxidation sites excluding steroid dienone is 2. The molecule has 3 heteroatoms. The van der Waals surface area contributed by atoms with E-state index in [2.05, 4.69) is 64.8 Å². The molecule has 2 aromatic rings. The molecule has 0 aromatic heterocycles. The van der Waals surface area contributed by atoms with Gasteiger partial charge in [0.2, 0.25) is 0 Å². The van der Waals surface area contributed by atoms with Crippen LogP contribution in [0.15, 0.2) is 42.5 Å². The molecule has 0 amide bonds. The molecule has 0 N–H and O–H groups in total. The highest BCUT2D eigenvalue weighted by Crippen LogP contribution is 2.44. The standard InChI is InChI=1S/C26H33NO2/c1-8-29-25(28)19-9-11-20(12-10-19)27(7)24-16-22-21(17(2)3)13-14-26(5,6)23(22)15-18(24)4/h9-13,15-17H,8,14H2,1-7H3. The Kier molecular flexibility index (Phi) is 5.88. The SMILES string of the molecule is CCOC(=O)c1ccc(N(C)c2cc3c(cc2C)C(C)(C)CC=C3C(C)C)cc1. The summed E-state index contributed by atoms with van der Waals surface area (Å²) in [6.45, 7) is 13.6. The van der Waals surface area contributed by atoms with Crippen LogP contribution in [0.1, 0.15) is 68.1 Å². The van der Waals surface area contributed by atoms with Crippen molar-refractivity contribution in [1.29, 1.82) is 0 Å². The van der Waals surface area contributed by atoms with Crippen LogP contribution < -0.4 is 4.90 Å². The third-order valence-electron chi connectivity index (χ3n) is 5.96. The third kappa shape index (κ3) is 4.10. The predicted molar refractivity (Wildman–Crippen MR) is 122 cm³/mol. The fourth-order valence-electron chi connectivity index (χ4n) is 4.16. The van der Waals surface area contributed by atoms with E-state index in [0.717, 1.165) is 12.1 Å². The van der Waals surface area contributed by atoms with Crippen LogP contribution in [0.3, 0.4) is 0 Å². The van der Waals surface area contributed by atoms with Gasteiger partial charge in [0, 0.05) is 18.4 Å². The van der Waals surface area contributed by atoms with Gasteiger partial charge in [-0.3, -0.25) is 0 Å². The van der Waals surface area contributed by atoms with Crippen molar-refractivity contribution in [2.45, 2.75) is 53.4 Å². The molecule has 0 aliphatic heterocycles. The van der Waals surface area contributed by atoms with Gasteiger partial charge in [-0.15, -0.1) is 0 Å². The molecule has 0 atom stereocenters. The molecule has 0 spiro atoms. The topological polar surface area (TPSA) is 29.5 Å². The maximum atomic E-state index is 11.9.